The smallest absolute Gasteiger partial charge is 0.325 e. The second-order valence-electron chi connectivity index (χ2n) is 4.15. The van der Waals surface area contributed by atoms with E-state index < -0.39 is 11.2 Å². The number of hydrogen-bond donors (Lipinski definition) is 3. The third-order valence-corrected chi connectivity index (χ3v) is 2.08. The molecule has 7 heteroatoms. The average Bonchev–Trinajstić information content (AvgIpc) is 2.26. The van der Waals surface area contributed by atoms with Crippen LogP contribution in [0, 0.1) is 0 Å². The highest BCUT2D eigenvalue weighted by atomic mass is 16.5. The Morgan fingerprint density at radius 1 is 1.42 bits per heavy atom. The van der Waals surface area contributed by atoms with Crippen molar-refractivity contribution in [2.75, 3.05) is 19.8 Å². The fourth-order valence-corrected chi connectivity index (χ4v) is 1.36. The summed E-state index contributed by atoms with van der Waals surface area (Å²) in [5, 5.41) is 2.62. The van der Waals surface area contributed by atoms with Gasteiger partial charge in [0.15, 0.2) is 0 Å². The minimum Gasteiger partial charge on any atom is -0.375 e. The Bertz CT molecular complexity index is 530. The monoisotopic (exact) mass is 267 g/mol. The van der Waals surface area contributed by atoms with Crippen molar-refractivity contribution in [3.05, 3.63) is 44.8 Å². The van der Waals surface area contributed by atoms with Gasteiger partial charge in [-0.15, -0.1) is 0 Å². The summed E-state index contributed by atoms with van der Waals surface area (Å²) in [6, 6.07) is 1.18. The van der Waals surface area contributed by atoms with Crippen molar-refractivity contribution in [3.8, 4) is 0 Å². The SMILES string of the molecule is C=C(C)COCCNC(=O)Cc1cc(=O)[nH]c(=O)[nH]1. The maximum Gasteiger partial charge on any atom is 0.325 e. The molecular formula is C12H17N3O4. The quantitative estimate of drug-likeness (QED) is 0.449. The lowest BCUT2D eigenvalue weighted by atomic mass is 10.3. The van der Waals surface area contributed by atoms with E-state index in [9.17, 15) is 14.4 Å². The number of aromatic amines is 2. The predicted molar refractivity (Wildman–Crippen MR) is 70.0 cm³/mol. The van der Waals surface area contributed by atoms with Crippen LogP contribution in [-0.4, -0.2) is 35.6 Å². The van der Waals surface area contributed by atoms with Crippen molar-refractivity contribution in [1.29, 1.82) is 0 Å². The van der Waals surface area contributed by atoms with Gasteiger partial charge in [-0.3, -0.25) is 14.6 Å². The predicted octanol–water partition coefficient (Wildman–Crippen LogP) is -0.685. The molecule has 19 heavy (non-hydrogen) atoms. The van der Waals surface area contributed by atoms with Crippen LogP contribution >= 0.6 is 0 Å². The molecule has 7 nitrogen and oxygen atoms in total. The number of carbonyl (C=O) groups is 1. The lowest BCUT2D eigenvalue weighted by Crippen LogP contribution is -2.31. The number of nitrogens with one attached hydrogen (secondary N) is 3. The van der Waals surface area contributed by atoms with Gasteiger partial charge in [0.05, 0.1) is 19.6 Å². The molecule has 0 saturated heterocycles. The van der Waals surface area contributed by atoms with Gasteiger partial charge >= 0.3 is 5.69 Å². The third kappa shape index (κ3) is 6.37. The van der Waals surface area contributed by atoms with Crippen molar-refractivity contribution in [2.24, 2.45) is 0 Å². The second-order valence-corrected chi connectivity index (χ2v) is 4.15. The molecule has 1 amide bonds. The zero-order valence-electron chi connectivity index (χ0n) is 10.7. The lowest BCUT2D eigenvalue weighted by Gasteiger charge is -2.06. The van der Waals surface area contributed by atoms with Gasteiger partial charge in [-0.1, -0.05) is 12.2 Å². The number of carbonyl (C=O) groups excluding carboxylic acids is 1. The number of rotatable bonds is 7. The van der Waals surface area contributed by atoms with Crippen LogP contribution in [0.15, 0.2) is 27.8 Å². The van der Waals surface area contributed by atoms with Crippen LogP contribution in [0.25, 0.3) is 0 Å². The van der Waals surface area contributed by atoms with Crippen molar-refractivity contribution in [2.45, 2.75) is 13.3 Å². The molecule has 0 bridgehead atoms. The average molecular weight is 267 g/mol. The molecule has 0 aromatic carbocycles. The van der Waals surface area contributed by atoms with E-state index in [-0.39, 0.29) is 18.0 Å². The number of aromatic nitrogens is 2. The van der Waals surface area contributed by atoms with E-state index in [1.807, 2.05) is 11.9 Å². The largest absolute Gasteiger partial charge is 0.375 e. The van der Waals surface area contributed by atoms with Gasteiger partial charge in [-0.2, -0.15) is 0 Å². The molecule has 104 valence electrons. The summed E-state index contributed by atoms with van der Waals surface area (Å²) in [7, 11) is 0. The number of H-pyrrole nitrogens is 2. The van der Waals surface area contributed by atoms with Gasteiger partial charge in [0, 0.05) is 18.3 Å². The maximum atomic E-state index is 11.5. The van der Waals surface area contributed by atoms with Crippen molar-refractivity contribution >= 4 is 5.91 Å². The first-order valence-corrected chi connectivity index (χ1v) is 5.78. The fourth-order valence-electron chi connectivity index (χ4n) is 1.36. The first-order chi connectivity index (χ1) is 8.97. The van der Waals surface area contributed by atoms with Gasteiger partial charge in [-0.25, -0.2) is 4.79 Å². The molecule has 0 radical (unpaired) electrons. The summed E-state index contributed by atoms with van der Waals surface area (Å²) in [5.41, 5.74) is 0.0259. The van der Waals surface area contributed by atoms with Crippen LogP contribution in [0.2, 0.25) is 0 Å². The Labute approximate surface area is 109 Å². The summed E-state index contributed by atoms with van der Waals surface area (Å²) < 4.78 is 5.21. The minimum atomic E-state index is -0.625. The van der Waals surface area contributed by atoms with Crippen LogP contribution in [0.3, 0.4) is 0 Å². The van der Waals surface area contributed by atoms with Gasteiger partial charge < -0.3 is 15.0 Å². The first kappa shape index (κ1) is 14.9. The molecule has 1 aromatic heterocycles. The second kappa shape index (κ2) is 7.32. The van der Waals surface area contributed by atoms with E-state index in [2.05, 4.69) is 16.9 Å². The zero-order valence-corrected chi connectivity index (χ0v) is 10.7. The highest BCUT2D eigenvalue weighted by Gasteiger charge is 2.04. The third-order valence-electron chi connectivity index (χ3n) is 2.08. The standard InChI is InChI=1S/C12H17N3O4/c1-8(2)7-19-4-3-13-10(16)5-9-6-11(17)15-12(18)14-9/h6H,1,3-5,7H2,2H3,(H,13,16)(H2,14,15,17,18). The van der Waals surface area contributed by atoms with E-state index in [1.54, 1.807) is 0 Å². The van der Waals surface area contributed by atoms with Gasteiger partial charge in [0.1, 0.15) is 0 Å². The molecule has 0 unspecified atom stereocenters. The zero-order chi connectivity index (χ0) is 14.3. The molecule has 0 saturated carbocycles. The van der Waals surface area contributed by atoms with E-state index >= 15 is 0 Å². The van der Waals surface area contributed by atoms with E-state index in [4.69, 9.17) is 4.74 Å². The molecule has 0 aliphatic carbocycles. The van der Waals surface area contributed by atoms with E-state index in [1.165, 1.54) is 6.07 Å². The summed E-state index contributed by atoms with van der Waals surface area (Å²) in [6.45, 7) is 6.73. The molecule has 3 N–H and O–H groups in total. The van der Waals surface area contributed by atoms with E-state index in [0.29, 0.717) is 19.8 Å². The highest BCUT2D eigenvalue weighted by Crippen LogP contribution is 1.89. The molecule has 0 fully saturated rings. The molecule has 0 spiro atoms. The lowest BCUT2D eigenvalue weighted by molar-refractivity contribution is -0.120. The fraction of sp³-hybridized carbons (Fsp3) is 0.417. The maximum absolute atomic E-state index is 11.5. The Morgan fingerprint density at radius 2 is 2.16 bits per heavy atom. The van der Waals surface area contributed by atoms with Gasteiger partial charge in [-0.05, 0) is 6.92 Å². The molecule has 0 aliphatic rings. The van der Waals surface area contributed by atoms with Crippen LogP contribution in [0.5, 0.6) is 0 Å². The van der Waals surface area contributed by atoms with Crippen LogP contribution in [-0.2, 0) is 16.0 Å². The molecule has 1 aromatic rings. The van der Waals surface area contributed by atoms with Gasteiger partial charge in [0.25, 0.3) is 5.56 Å². The Kier molecular flexibility index (Phi) is 5.74. The van der Waals surface area contributed by atoms with Crippen LogP contribution in [0.4, 0.5) is 0 Å². The number of ether oxygens (including phenoxy) is 1. The minimum absolute atomic E-state index is 0.0559. The molecule has 1 rings (SSSR count). The molecule has 0 atom stereocenters. The van der Waals surface area contributed by atoms with Gasteiger partial charge in [0.2, 0.25) is 5.91 Å². The Hall–Kier alpha value is -2.15. The highest BCUT2D eigenvalue weighted by molar-refractivity contribution is 5.77. The van der Waals surface area contributed by atoms with Crippen molar-refractivity contribution in [3.63, 3.8) is 0 Å². The number of amides is 1. The topological polar surface area (TPSA) is 104 Å². The summed E-state index contributed by atoms with van der Waals surface area (Å²) in [6.07, 6.45) is -0.0559. The van der Waals surface area contributed by atoms with E-state index in [0.717, 1.165) is 5.57 Å². The Morgan fingerprint density at radius 3 is 2.79 bits per heavy atom. The summed E-state index contributed by atoms with van der Waals surface area (Å²) >= 11 is 0. The van der Waals surface area contributed by atoms with Crippen molar-refractivity contribution in [1.82, 2.24) is 15.3 Å². The summed E-state index contributed by atoms with van der Waals surface area (Å²) in [4.78, 5) is 37.9. The molecular weight excluding hydrogens is 250 g/mol. The van der Waals surface area contributed by atoms with Crippen molar-refractivity contribution < 1.29 is 9.53 Å². The first-order valence-electron chi connectivity index (χ1n) is 5.78. The van der Waals surface area contributed by atoms with Crippen LogP contribution in [0.1, 0.15) is 12.6 Å². The normalized spacial score (nSPS) is 10.2. The number of hydrogen-bond acceptors (Lipinski definition) is 4. The molecule has 0 aliphatic heterocycles. The van der Waals surface area contributed by atoms with Crippen LogP contribution < -0.4 is 16.6 Å². The molecule has 1 heterocycles. The Balaban J connectivity index is 2.33. The summed E-state index contributed by atoms with van der Waals surface area (Å²) in [5.74, 6) is -0.292.